The van der Waals surface area contributed by atoms with Crippen LogP contribution in [0.15, 0.2) is 30.5 Å². The van der Waals surface area contributed by atoms with Gasteiger partial charge in [-0.1, -0.05) is 12.1 Å². The Morgan fingerprint density at radius 2 is 1.92 bits per heavy atom. The predicted molar refractivity (Wildman–Crippen MR) is 99.6 cm³/mol. The Labute approximate surface area is 156 Å². The third-order valence-corrected chi connectivity index (χ3v) is 6.20. The Hall–Kier alpha value is -1.84. The normalized spacial score (nSPS) is 16.0. The molecule has 3 rings (SSSR count). The van der Waals surface area contributed by atoms with E-state index < -0.39 is 9.84 Å². The highest BCUT2D eigenvalue weighted by Crippen LogP contribution is 2.28. The average Bonchev–Trinajstić information content (AvgIpc) is 3.09. The quantitative estimate of drug-likeness (QED) is 0.769. The third-order valence-electron chi connectivity index (χ3n) is 4.26. The number of hydrogen-bond acceptors (Lipinski definition) is 6. The molecule has 0 spiro atoms. The number of thiazole rings is 1. The maximum Gasteiger partial charge on any atom is 0.265 e. The molecule has 9 heteroatoms. The molecule has 1 aromatic carbocycles. The minimum Gasteiger partial charge on any atom is -0.335 e. The zero-order chi connectivity index (χ0) is 18.7. The Balaban J connectivity index is 1.60. The molecular weight excluding hydrogens is 377 g/mol. The second-order valence-corrected chi connectivity index (χ2v) is 9.56. The summed E-state index contributed by atoms with van der Waals surface area (Å²) < 4.78 is 36.4. The van der Waals surface area contributed by atoms with Crippen LogP contribution in [-0.4, -0.2) is 73.8 Å². The molecule has 0 radical (unpaired) electrons. The first-order valence-electron chi connectivity index (χ1n) is 8.23. The van der Waals surface area contributed by atoms with Crippen molar-refractivity contribution in [3.05, 3.63) is 41.2 Å². The van der Waals surface area contributed by atoms with Crippen molar-refractivity contribution in [1.29, 1.82) is 0 Å². The highest BCUT2D eigenvalue weighted by molar-refractivity contribution is 7.90. The van der Waals surface area contributed by atoms with E-state index in [0.717, 1.165) is 0 Å². The summed E-state index contributed by atoms with van der Waals surface area (Å²) in [6.07, 6.45) is 2.72. The monoisotopic (exact) mass is 397 g/mol. The number of piperazine rings is 1. The lowest BCUT2D eigenvalue weighted by atomic mass is 10.2. The number of carbonyl (C=O) groups excluding carboxylic acids is 1. The van der Waals surface area contributed by atoms with Crippen LogP contribution in [0.2, 0.25) is 0 Å². The fourth-order valence-corrected chi connectivity index (χ4v) is 4.26. The Morgan fingerprint density at radius 3 is 2.58 bits per heavy atom. The Bertz CT molecular complexity index is 890. The summed E-state index contributed by atoms with van der Waals surface area (Å²) in [6, 6.07) is 6.36. The molecule has 6 nitrogen and oxygen atoms in total. The van der Waals surface area contributed by atoms with Gasteiger partial charge in [0.25, 0.3) is 5.91 Å². The molecule has 1 aliphatic heterocycles. The van der Waals surface area contributed by atoms with Gasteiger partial charge in [0, 0.05) is 44.5 Å². The molecule has 140 valence electrons. The molecule has 1 fully saturated rings. The van der Waals surface area contributed by atoms with Gasteiger partial charge in [-0.05, 0) is 12.1 Å². The average molecular weight is 397 g/mol. The van der Waals surface area contributed by atoms with Gasteiger partial charge in [0.1, 0.15) is 25.5 Å². The molecule has 0 N–H and O–H groups in total. The van der Waals surface area contributed by atoms with Crippen LogP contribution < -0.4 is 0 Å². The number of aromatic nitrogens is 1. The zero-order valence-electron chi connectivity index (χ0n) is 14.4. The molecule has 1 saturated heterocycles. The Kier molecular flexibility index (Phi) is 5.69. The molecule has 0 atom stereocenters. The fraction of sp³-hybridized carbons (Fsp3) is 0.412. The van der Waals surface area contributed by atoms with Crippen molar-refractivity contribution in [1.82, 2.24) is 14.8 Å². The molecule has 26 heavy (non-hydrogen) atoms. The van der Waals surface area contributed by atoms with E-state index >= 15 is 0 Å². The van der Waals surface area contributed by atoms with Crippen LogP contribution in [0.3, 0.4) is 0 Å². The van der Waals surface area contributed by atoms with Crippen molar-refractivity contribution in [2.45, 2.75) is 0 Å². The van der Waals surface area contributed by atoms with Crippen LogP contribution in [0.1, 0.15) is 9.67 Å². The number of rotatable bonds is 5. The molecule has 2 aromatic rings. The van der Waals surface area contributed by atoms with Crippen molar-refractivity contribution in [3.63, 3.8) is 0 Å². The van der Waals surface area contributed by atoms with Gasteiger partial charge in [-0.3, -0.25) is 9.69 Å². The maximum absolute atomic E-state index is 13.9. The van der Waals surface area contributed by atoms with Crippen molar-refractivity contribution in [3.8, 4) is 10.6 Å². The summed E-state index contributed by atoms with van der Waals surface area (Å²) in [6.45, 7) is 2.84. The molecule has 0 saturated carbocycles. The summed E-state index contributed by atoms with van der Waals surface area (Å²) in [5.74, 6) is -0.352. The smallest absolute Gasteiger partial charge is 0.265 e. The van der Waals surface area contributed by atoms with Gasteiger partial charge in [-0.2, -0.15) is 0 Å². The van der Waals surface area contributed by atoms with Crippen LogP contribution in [0, 0.1) is 5.82 Å². The molecule has 0 unspecified atom stereocenters. The van der Waals surface area contributed by atoms with E-state index in [9.17, 15) is 17.6 Å². The summed E-state index contributed by atoms with van der Waals surface area (Å²) in [5.41, 5.74) is 0.391. The van der Waals surface area contributed by atoms with E-state index in [0.29, 0.717) is 48.2 Å². The lowest BCUT2D eigenvalue weighted by Crippen LogP contribution is -2.49. The topological polar surface area (TPSA) is 70.6 Å². The SMILES string of the molecule is CS(=O)(=O)CCN1CCN(C(=O)c2cnc(-c3ccccc3F)s2)CC1. The van der Waals surface area contributed by atoms with Gasteiger partial charge in [0.05, 0.1) is 11.9 Å². The summed E-state index contributed by atoms with van der Waals surface area (Å²) in [4.78, 5) is 21.1. The lowest BCUT2D eigenvalue weighted by molar-refractivity contribution is 0.0648. The predicted octanol–water partition coefficient (Wildman–Crippen LogP) is 1.75. The van der Waals surface area contributed by atoms with E-state index in [1.165, 1.54) is 29.9 Å². The van der Waals surface area contributed by atoms with Crippen molar-refractivity contribution in [2.75, 3.05) is 44.7 Å². The number of amides is 1. The second kappa shape index (κ2) is 7.81. The van der Waals surface area contributed by atoms with Gasteiger partial charge in [-0.25, -0.2) is 17.8 Å². The van der Waals surface area contributed by atoms with Gasteiger partial charge >= 0.3 is 0 Å². The molecule has 1 aliphatic rings. The van der Waals surface area contributed by atoms with E-state index in [1.54, 1.807) is 23.1 Å². The number of carbonyl (C=O) groups is 1. The van der Waals surface area contributed by atoms with Crippen LogP contribution in [-0.2, 0) is 9.84 Å². The molecular formula is C17H20FN3O3S2. The number of halogens is 1. The van der Waals surface area contributed by atoms with Crippen LogP contribution >= 0.6 is 11.3 Å². The van der Waals surface area contributed by atoms with Gasteiger partial charge in [0.2, 0.25) is 0 Å². The first-order valence-corrected chi connectivity index (χ1v) is 11.1. The van der Waals surface area contributed by atoms with Crippen LogP contribution in [0.25, 0.3) is 10.6 Å². The van der Waals surface area contributed by atoms with Gasteiger partial charge in [-0.15, -0.1) is 11.3 Å². The van der Waals surface area contributed by atoms with E-state index in [2.05, 4.69) is 4.98 Å². The summed E-state index contributed by atoms with van der Waals surface area (Å²) in [7, 11) is -2.98. The zero-order valence-corrected chi connectivity index (χ0v) is 16.0. The lowest BCUT2D eigenvalue weighted by Gasteiger charge is -2.34. The highest BCUT2D eigenvalue weighted by Gasteiger charge is 2.24. The molecule has 2 heterocycles. The Morgan fingerprint density at radius 1 is 1.23 bits per heavy atom. The number of benzene rings is 1. The molecule has 1 amide bonds. The number of sulfone groups is 1. The first-order chi connectivity index (χ1) is 12.3. The maximum atomic E-state index is 13.9. The van der Waals surface area contributed by atoms with Gasteiger partial charge in [0.15, 0.2) is 0 Å². The third kappa shape index (κ3) is 4.66. The van der Waals surface area contributed by atoms with Gasteiger partial charge < -0.3 is 4.90 Å². The molecule has 0 bridgehead atoms. The first kappa shape index (κ1) is 18.9. The van der Waals surface area contributed by atoms with Crippen molar-refractivity contribution in [2.24, 2.45) is 0 Å². The van der Waals surface area contributed by atoms with E-state index in [1.807, 2.05) is 4.90 Å². The van der Waals surface area contributed by atoms with Crippen molar-refractivity contribution < 1.29 is 17.6 Å². The summed E-state index contributed by atoms with van der Waals surface area (Å²) in [5, 5.41) is 0.484. The van der Waals surface area contributed by atoms with Crippen LogP contribution in [0.5, 0.6) is 0 Å². The van der Waals surface area contributed by atoms with E-state index in [4.69, 9.17) is 0 Å². The number of nitrogens with zero attached hydrogens (tertiary/aromatic N) is 3. The largest absolute Gasteiger partial charge is 0.335 e. The number of hydrogen-bond donors (Lipinski definition) is 0. The summed E-state index contributed by atoms with van der Waals surface area (Å²) >= 11 is 1.18. The second-order valence-electron chi connectivity index (χ2n) is 6.27. The minimum absolute atomic E-state index is 0.118. The molecule has 1 aromatic heterocycles. The standard InChI is InChI=1S/C17H20FN3O3S2/c1-26(23,24)11-10-20-6-8-21(9-7-20)17(22)15-12-19-16(25-15)13-4-2-3-5-14(13)18/h2-5,12H,6-11H2,1H3. The highest BCUT2D eigenvalue weighted by atomic mass is 32.2. The molecule has 0 aliphatic carbocycles. The van der Waals surface area contributed by atoms with Crippen LogP contribution in [0.4, 0.5) is 4.39 Å². The fourth-order valence-electron chi connectivity index (χ4n) is 2.76. The minimum atomic E-state index is -2.98. The van der Waals surface area contributed by atoms with Crippen molar-refractivity contribution >= 4 is 27.1 Å². The van der Waals surface area contributed by atoms with E-state index in [-0.39, 0.29) is 17.5 Å².